The van der Waals surface area contributed by atoms with Gasteiger partial charge in [-0.1, -0.05) is 66.7 Å². The molecule has 5 aromatic rings. The largest absolute Gasteiger partial charge is 0.326 e. The highest BCUT2D eigenvalue weighted by molar-refractivity contribution is 6.16. The lowest BCUT2D eigenvalue weighted by molar-refractivity contribution is -0.130. The van der Waals surface area contributed by atoms with Gasteiger partial charge in [-0.25, -0.2) is 18.6 Å². The zero-order chi connectivity index (χ0) is 31.0. The van der Waals surface area contributed by atoms with Crippen molar-refractivity contribution in [3.05, 3.63) is 142 Å². The SMILES string of the molecule is O=C1N(CCCN2CCC(n3c(=O)[nH]c4ccccc43)CC2)C(c2ccccc2)=NC1(c1ccc(F)cc1)c1ccc(F)cc1. The number of hydrogen-bond acceptors (Lipinski definition) is 4. The van der Waals surface area contributed by atoms with Gasteiger partial charge in [0.15, 0.2) is 5.54 Å². The van der Waals surface area contributed by atoms with Crippen molar-refractivity contribution in [2.45, 2.75) is 30.8 Å². The number of carbonyl (C=O) groups is 1. The summed E-state index contributed by atoms with van der Waals surface area (Å²) >= 11 is 0. The number of nitrogens with zero attached hydrogens (tertiary/aromatic N) is 4. The highest BCUT2D eigenvalue weighted by atomic mass is 19.1. The van der Waals surface area contributed by atoms with Crippen molar-refractivity contribution in [2.24, 2.45) is 4.99 Å². The molecule has 3 heterocycles. The van der Waals surface area contributed by atoms with Crippen molar-refractivity contribution < 1.29 is 13.6 Å². The van der Waals surface area contributed by atoms with Crippen LogP contribution in [-0.4, -0.2) is 57.3 Å². The third-order valence-electron chi connectivity index (χ3n) is 9.04. The molecule has 1 fully saturated rings. The predicted molar refractivity (Wildman–Crippen MR) is 170 cm³/mol. The Balaban J connectivity index is 1.12. The van der Waals surface area contributed by atoms with E-state index in [1.165, 1.54) is 24.3 Å². The van der Waals surface area contributed by atoms with E-state index in [4.69, 9.17) is 4.99 Å². The smallest absolute Gasteiger partial charge is 0.306 e. The number of carbonyl (C=O) groups excluding carboxylic acids is 1. The average Bonchev–Trinajstić information content (AvgIpc) is 3.56. The van der Waals surface area contributed by atoms with Gasteiger partial charge in [-0.2, -0.15) is 0 Å². The molecule has 0 bridgehead atoms. The third kappa shape index (κ3) is 5.27. The second-order valence-corrected chi connectivity index (χ2v) is 11.7. The molecule has 1 aromatic heterocycles. The fourth-order valence-electron chi connectivity index (χ4n) is 6.79. The molecule has 45 heavy (non-hydrogen) atoms. The van der Waals surface area contributed by atoms with Gasteiger partial charge in [0.05, 0.1) is 11.0 Å². The van der Waals surface area contributed by atoms with E-state index < -0.39 is 17.2 Å². The van der Waals surface area contributed by atoms with Crippen molar-refractivity contribution >= 4 is 22.8 Å². The minimum absolute atomic E-state index is 0.0688. The number of benzene rings is 4. The van der Waals surface area contributed by atoms with Gasteiger partial charge in [0.1, 0.15) is 17.5 Å². The van der Waals surface area contributed by atoms with Crippen molar-refractivity contribution in [1.82, 2.24) is 19.4 Å². The molecule has 9 heteroatoms. The molecule has 0 saturated carbocycles. The fourth-order valence-corrected chi connectivity index (χ4v) is 6.79. The van der Waals surface area contributed by atoms with Crippen LogP contribution in [0, 0.1) is 11.6 Å². The Morgan fingerprint density at radius 2 is 1.36 bits per heavy atom. The van der Waals surface area contributed by atoms with Gasteiger partial charge >= 0.3 is 5.69 Å². The molecule has 0 atom stereocenters. The van der Waals surface area contributed by atoms with Gasteiger partial charge in [0, 0.05) is 31.2 Å². The molecule has 0 spiro atoms. The molecule has 1 N–H and O–H groups in total. The zero-order valence-electron chi connectivity index (χ0n) is 24.7. The second-order valence-electron chi connectivity index (χ2n) is 11.7. The highest BCUT2D eigenvalue weighted by Gasteiger charge is 2.51. The van der Waals surface area contributed by atoms with Gasteiger partial charge in [-0.05, 0) is 73.3 Å². The Kier molecular flexibility index (Phi) is 7.63. The van der Waals surface area contributed by atoms with Crippen LogP contribution in [0.5, 0.6) is 0 Å². The van der Waals surface area contributed by atoms with E-state index in [-0.39, 0.29) is 17.6 Å². The van der Waals surface area contributed by atoms with Crippen LogP contribution in [0.25, 0.3) is 11.0 Å². The number of nitrogens with one attached hydrogen (secondary N) is 1. The normalized spacial score (nSPS) is 17.2. The summed E-state index contributed by atoms with van der Waals surface area (Å²) in [6.45, 7) is 2.90. The quantitative estimate of drug-likeness (QED) is 0.241. The van der Waals surface area contributed by atoms with E-state index in [2.05, 4.69) is 9.88 Å². The van der Waals surface area contributed by atoms with Crippen LogP contribution in [0.1, 0.15) is 42.0 Å². The van der Waals surface area contributed by atoms with Crippen LogP contribution in [-0.2, 0) is 10.3 Å². The molecule has 4 aromatic carbocycles. The molecule has 0 unspecified atom stereocenters. The van der Waals surface area contributed by atoms with Crippen LogP contribution in [0.4, 0.5) is 8.78 Å². The van der Waals surface area contributed by atoms with Crippen molar-refractivity contribution in [1.29, 1.82) is 0 Å². The van der Waals surface area contributed by atoms with Gasteiger partial charge < -0.3 is 9.88 Å². The predicted octanol–water partition coefficient (Wildman–Crippen LogP) is 5.87. The molecule has 228 valence electrons. The second kappa shape index (κ2) is 11.9. The average molecular weight is 606 g/mol. The van der Waals surface area contributed by atoms with Crippen molar-refractivity contribution in [2.75, 3.05) is 26.2 Å². The molecular formula is C36H33F2N5O2. The lowest BCUT2D eigenvalue weighted by Crippen LogP contribution is -2.43. The summed E-state index contributed by atoms with van der Waals surface area (Å²) in [4.78, 5) is 39.4. The van der Waals surface area contributed by atoms with Crippen LogP contribution in [0.2, 0.25) is 0 Å². The summed E-state index contributed by atoms with van der Waals surface area (Å²) in [5, 5.41) is 0. The first-order valence-electron chi connectivity index (χ1n) is 15.3. The number of imidazole rings is 1. The molecular weight excluding hydrogens is 572 g/mol. The standard InChI is InChI=1S/C36H33F2N5O2/c37-28-15-11-26(12-16-28)36(27-13-17-29(38)18-14-27)34(44)42(33(40-36)25-7-2-1-3-8-25)22-6-21-41-23-19-30(20-24-41)43-32-10-5-4-9-31(32)39-35(43)45/h1-5,7-18,30H,6,19-24H2,(H,39,45). The molecule has 1 saturated heterocycles. The lowest BCUT2D eigenvalue weighted by atomic mass is 9.82. The number of para-hydroxylation sites is 2. The number of halogens is 2. The molecule has 7 rings (SSSR count). The number of aromatic nitrogens is 2. The molecule has 2 aliphatic rings. The fraction of sp³-hybridized carbons (Fsp3) is 0.250. The van der Waals surface area contributed by atoms with E-state index in [0.29, 0.717) is 29.9 Å². The first kappa shape index (κ1) is 28.9. The first-order valence-corrected chi connectivity index (χ1v) is 15.3. The number of amidine groups is 1. The maximum atomic E-state index is 14.6. The van der Waals surface area contributed by atoms with E-state index in [0.717, 1.165) is 49.1 Å². The third-order valence-corrected chi connectivity index (χ3v) is 9.04. The minimum Gasteiger partial charge on any atom is -0.306 e. The van der Waals surface area contributed by atoms with Gasteiger partial charge in [-0.3, -0.25) is 14.3 Å². The van der Waals surface area contributed by atoms with Crippen LogP contribution in [0.15, 0.2) is 113 Å². The summed E-state index contributed by atoms with van der Waals surface area (Å²) in [5.74, 6) is -0.550. The highest BCUT2D eigenvalue weighted by Crippen LogP contribution is 2.41. The first-order chi connectivity index (χ1) is 21.9. The number of likely N-dealkylation sites (tertiary alicyclic amines) is 1. The molecule has 2 aliphatic heterocycles. The molecule has 0 radical (unpaired) electrons. The number of piperidine rings is 1. The molecule has 7 nitrogen and oxygen atoms in total. The maximum absolute atomic E-state index is 14.6. The summed E-state index contributed by atoms with van der Waals surface area (Å²) in [6, 6.07) is 29.1. The Morgan fingerprint density at radius 1 is 0.756 bits per heavy atom. The van der Waals surface area contributed by atoms with E-state index >= 15 is 0 Å². The molecule has 1 amide bonds. The van der Waals surface area contributed by atoms with Crippen LogP contribution < -0.4 is 5.69 Å². The summed E-state index contributed by atoms with van der Waals surface area (Å²) < 4.78 is 29.9. The topological polar surface area (TPSA) is 73.7 Å². The molecule has 0 aliphatic carbocycles. The minimum atomic E-state index is -1.47. The Hall–Kier alpha value is -4.89. The van der Waals surface area contributed by atoms with Gasteiger partial charge in [0.25, 0.3) is 5.91 Å². The lowest BCUT2D eigenvalue weighted by Gasteiger charge is -2.33. The van der Waals surface area contributed by atoms with Gasteiger partial charge in [-0.15, -0.1) is 0 Å². The number of H-pyrrole nitrogens is 1. The van der Waals surface area contributed by atoms with Crippen LogP contribution in [0.3, 0.4) is 0 Å². The monoisotopic (exact) mass is 605 g/mol. The Labute approximate surface area is 259 Å². The zero-order valence-corrected chi connectivity index (χ0v) is 24.7. The number of amides is 1. The van der Waals surface area contributed by atoms with Gasteiger partial charge in [0.2, 0.25) is 0 Å². The number of fused-ring (bicyclic) bond motifs is 1. The summed E-state index contributed by atoms with van der Waals surface area (Å²) in [6.07, 6.45) is 2.43. The van der Waals surface area contributed by atoms with E-state index in [1.807, 2.05) is 59.2 Å². The van der Waals surface area contributed by atoms with E-state index in [9.17, 15) is 18.4 Å². The van der Waals surface area contributed by atoms with Crippen LogP contribution >= 0.6 is 0 Å². The van der Waals surface area contributed by atoms with E-state index in [1.54, 1.807) is 29.2 Å². The summed E-state index contributed by atoms with van der Waals surface area (Å²) in [7, 11) is 0. The number of rotatable bonds is 8. The number of aliphatic imine (C=N–C) groups is 1. The summed E-state index contributed by atoms with van der Waals surface area (Å²) in [5.41, 5.74) is 2.08. The maximum Gasteiger partial charge on any atom is 0.326 e. The Morgan fingerprint density at radius 3 is 2.00 bits per heavy atom. The van der Waals surface area contributed by atoms with Crippen molar-refractivity contribution in [3.8, 4) is 0 Å². The number of hydrogen-bond donors (Lipinski definition) is 1. The van der Waals surface area contributed by atoms with Crippen molar-refractivity contribution in [3.63, 3.8) is 0 Å². The Bertz CT molecular complexity index is 1860. The number of aromatic amines is 1.